The number of ether oxygens (including phenoxy) is 1. The van der Waals surface area contributed by atoms with Crippen molar-refractivity contribution in [2.45, 2.75) is 33.2 Å². The van der Waals surface area contributed by atoms with E-state index in [4.69, 9.17) is 4.74 Å². The third-order valence-electron chi connectivity index (χ3n) is 3.87. The summed E-state index contributed by atoms with van der Waals surface area (Å²) >= 11 is 0. The second kappa shape index (κ2) is 6.64. The lowest BCUT2D eigenvalue weighted by Crippen LogP contribution is -2.28. The molecule has 0 aliphatic rings. The first-order chi connectivity index (χ1) is 10.4. The SMILES string of the molecule is COc1cccc(CC(=O)N[C@H](C)c2c(C)nn(C)c2C)c1. The van der Waals surface area contributed by atoms with Crippen molar-refractivity contribution in [2.24, 2.45) is 7.05 Å². The number of carbonyl (C=O) groups is 1. The lowest BCUT2D eigenvalue weighted by atomic mass is 10.1. The van der Waals surface area contributed by atoms with Gasteiger partial charge >= 0.3 is 0 Å². The first-order valence-corrected chi connectivity index (χ1v) is 7.34. The minimum Gasteiger partial charge on any atom is -0.497 e. The van der Waals surface area contributed by atoms with Crippen LogP contribution in [-0.2, 0) is 18.3 Å². The Morgan fingerprint density at radius 3 is 2.73 bits per heavy atom. The van der Waals surface area contributed by atoms with Gasteiger partial charge in [0.2, 0.25) is 5.91 Å². The number of nitrogens with zero attached hydrogens (tertiary/aromatic N) is 2. The molecule has 22 heavy (non-hydrogen) atoms. The van der Waals surface area contributed by atoms with Crippen LogP contribution in [0.4, 0.5) is 0 Å². The molecule has 5 nitrogen and oxygen atoms in total. The molecule has 0 radical (unpaired) electrons. The first kappa shape index (κ1) is 16.1. The Labute approximate surface area is 131 Å². The van der Waals surface area contributed by atoms with E-state index in [1.54, 1.807) is 7.11 Å². The fourth-order valence-electron chi connectivity index (χ4n) is 2.75. The lowest BCUT2D eigenvalue weighted by molar-refractivity contribution is -0.121. The van der Waals surface area contributed by atoms with Crippen molar-refractivity contribution in [3.8, 4) is 5.75 Å². The van der Waals surface area contributed by atoms with Gasteiger partial charge in [-0.15, -0.1) is 0 Å². The molecule has 1 amide bonds. The van der Waals surface area contributed by atoms with Crippen LogP contribution in [0.25, 0.3) is 0 Å². The summed E-state index contributed by atoms with van der Waals surface area (Å²) in [4.78, 5) is 12.2. The summed E-state index contributed by atoms with van der Waals surface area (Å²) in [6.45, 7) is 5.97. The van der Waals surface area contributed by atoms with Crippen LogP contribution in [0, 0.1) is 13.8 Å². The van der Waals surface area contributed by atoms with Gasteiger partial charge in [-0.05, 0) is 38.5 Å². The first-order valence-electron chi connectivity index (χ1n) is 7.34. The summed E-state index contributed by atoms with van der Waals surface area (Å²) < 4.78 is 7.02. The molecule has 0 saturated carbocycles. The van der Waals surface area contributed by atoms with Gasteiger partial charge in [-0.25, -0.2) is 0 Å². The van der Waals surface area contributed by atoms with E-state index in [1.165, 1.54) is 0 Å². The Balaban J connectivity index is 2.05. The van der Waals surface area contributed by atoms with E-state index >= 15 is 0 Å². The standard InChI is InChI=1S/C17H23N3O2/c1-11(17-12(2)19-20(4)13(17)3)18-16(21)10-14-7-6-8-15(9-14)22-5/h6-9,11H,10H2,1-5H3,(H,18,21)/t11-/m1/s1. The van der Waals surface area contributed by atoms with Crippen LogP contribution in [0.2, 0.25) is 0 Å². The lowest BCUT2D eigenvalue weighted by Gasteiger charge is -2.15. The van der Waals surface area contributed by atoms with Gasteiger partial charge in [-0.2, -0.15) is 5.10 Å². The van der Waals surface area contributed by atoms with Gasteiger partial charge in [0.15, 0.2) is 0 Å². The molecule has 1 heterocycles. The summed E-state index contributed by atoms with van der Waals surface area (Å²) in [5.41, 5.74) is 4.05. The predicted molar refractivity (Wildman–Crippen MR) is 85.9 cm³/mol. The molecule has 2 rings (SSSR count). The number of benzene rings is 1. The maximum atomic E-state index is 12.2. The molecule has 0 aliphatic carbocycles. The van der Waals surface area contributed by atoms with Crippen molar-refractivity contribution in [3.63, 3.8) is 0 Å². The molecule has 2 aromatic rings. The second-order valence-corrected chi connectivity index (χ2v) is 5.53. The maximum absolute atomic E-state index is 12.2. The third kappa shape index (κ3) is 3.47. The average molecular weight is 301 g/mol. The van der Waals surface area contributed by atoms with Crippen molar-refractivity contribution in [1.82, 2.24) is 15.1 Å². The fourth-order valence-corrected chi connectivity index (χ4v) is 2.75. The van der Waals surface area contributed by atoms with E-state index in [-0.39, 0.29) is 11.9 Å². The molecule has 0 bridgehead atoms. The van der Waals surface area contributed by atoms with Crippen LogP contribution in [0.5, 0.6) is 5.75 Å². The highest BCUT2D eigenvalue weighted by atomic mass is 16.5. The number of aryl methyl sites for hydroxylation is 2. The van der Waals surface area contributed by atoms with E-state index in [1.807, 2.05) is 56.8 Å². The van der Waals surface area contributed by atoms with Crippen LogP contribution >= 0.6 is 0 Å². The molecular weight excluding hydrogens is 278 g/mol. The maximum Gasteiger partial charge on any atom is 0.224 e. The summed E-state index contributed by atoms with van der Waals surface area (Å²) in [6, 6.07) is 7.50. The molecule has 118 valence electrons. The molecular formula is C17H23N3O2. The highest BCUT2D eigenvalue weighted by Gasteiger charge is 2.18. The van der Waals surface area contributed by atoms with Crippen molar-refractivity contribution in [1.29, 1.82) is 0 Å². The summed E-state index contributed by atoms with van der Waals surface area (Å²) in [7, 11) is 3.53. The Hall–Kier alpha value is -2.30. The highest BCUT2D eigenvalue weighted by Crippen LogP contribution is 2.21. The number of hydrogen-bond acceptors (Lipinski definition) is 3. The topological polar surface area (TPSA) is 56.1 Å². The van der Waals surface area contributed by atoms with Crippen molar-refractivity contribution in [2.75, 3.05) is 7.11 Å². The van der Waals surface area contributed by atoms with Crippen molar-refractivity contribution < 1.29 is 9.53 Å². The van der Waals surface area contributed by atoms with Crippen molar-refractivity contribution in [3.05, 3.63) is 46.8 Å². The van der Waals surface area contributed by atoms with Gasteiger partial charge in [0, 0.05) is 18.3 Å². The zero-order valence-corrected chi connectivity index (χ0v) is 13.8. The number of nitrogens with one attached hydrogen (secondary N) is 1. The van der Waals surface area contributed by atoms with Gasteiger partial charge in [-0.1, -0.05) is 12.1 Å². The van der Waals surface area contributed by atoms with Gasteiger partial charge in [0.05, 0.1) is 25.3 Å². The second-order valence-electron chi connectivity index (χ2n) is 5.53. The normalized spacial score (nSPS) is 12.0. The zero-order valence-electron chi connectivity index (χ0n) is 13.8. The molecule has 0 saturated heterocycles. The van der Waals surface area contributed by atoms with E-state index in [2.05, 4.69) is 10.4 Å². The molecule has 0 aliphatic heterocycles. The number of hydrogen-bond donors (Lipinski definition) is 1. The van der Waals surface area contributed by atoms with E-state index in [9.17, 15) is 4.79 Å². The Morgan fingerprint density at radius 2 is 2.14 bits per heavy atom. The quantitative estimate of drug-likeness (QED) is 0.923. The van der Waals surface area contributed by atoms with E-state index in [0.717, 1.165) is 28.3 Å². The summed E-state index contributed by atoms with van der Waals surface area (Å²) in [6.07, 6.45) is 0.333. The molecule has 1 atom stereocenters. The Bertz CT molecular complexity index is 677. The number of methoxy groups -OCH3 is 1. The molecule has 5 heteroatoms. The average Bonchev–Trinajstić information content (AvgIpc) is 2.72. The number of rotatable bonds is 5. The van der Waals surface area contributed by atoms with Crippen LogP contribution in [0.1, 0.15) is 35.5 Å². The smallest absolute Gasteiger partial charge is 0.224 e. The van der Waals surface area contributed by atoms with Crippen LogP contribution in [0.3, 0.4) is 0 Å². The Kier molecular flexibility index (Phi) is 4.85. The van der Waals surface area contributed by atoms with E-state index in [0.29, 0.717) is 6.42 Å². The fraction of sp³-hybridized carbons (Fsp3) is 0.412. The minimum absolute atomic E-state index is 0.0107. The van der Waals surface area contributed by atoms with Gasteiger partial charge in [0.1, 0.15) is 5.75 Å². The summed E-state index contributed by atoms with van der Waals surface area (Å²) in [5.74, 6) is 0.751. The van der Waals surface area contributed by atoms with Crippen LogP contribution in [0.15, 0.2) is 24.3 Å². The molecule has 1 aromatic carbocycles. The third-order valence-corrected chi connectivity index (χ3v) is 3.87. The number of amides is 1. The zero-order chi connectivity index (χ0) is 16.3. The summed E-state index contributed by atoms with van der Waals surface area (Å²) in [5, 5.41) is 7.44. The molecule has 0 unspecified atom stereocenters. The van der Waals surface area contributed by atoms with Crippen LogP contribution < -0.4 is 10.1 Å². The van der Waals surface area contributed by atoms with Gasteiger partial charge in [0.25, 0.3) is 0 Å². The van der Waals surface area contributed by atoms with Crippen molar-refractivity contribution >= 4 is 5.91 Å². The molecule has 1 aromatic heterocycles. The largest absolute Gasteiger partial charge is 0.497 e. The molecule has 1 N–H and O–H groups in total. The highest BCUT2D eigenvalue weighted by molar-refractivity contribution is 5.79. The monoisotopic (exact) mass is 301 g/mol. The Morgan fingerprint density at radius 1 is 1.41 bits per heavy atom. The number of aromatic nitrogens is 2. The van der Waals surface area contributed by atoms with Crippen LogP contribution in [-0.4, -0.2) is 22.8 Å². The van der Waals surface area contributed by atoms with E-state index < -0.39 is 0 Å². The predicted octanol–water partition coefficient (Wildman–Crippen LogP) is 2.47. The minimum atomic E-state index is -0.0631. The molecule has 0 fully saturated rings. The van der Waals surface area contributed by atoms with Gasteiger partial charge < -0.3 is 10.1 Å². The van der Waals surface area contributed by atoms with Gasteiger partial charge in [-0.3, -0.25) is 9.48 Å². The molecule has 0 spiro atoms. The number of carbonyl (C=O) groups excluding carboxylic acids is 1.